The quantitative estimate of drug-likeness (QED) is 0.892. The van der Waals surface area contributed by atoms with E-state index in [1.807, 2.05) is 11.9 Å². The molecule has 1 N–H and O–H groups in total. The van der Waals surface area contributed by atoms with Crippen LogP contribution in [0, 0.1) is 11.7 Å². The summed E-state index contributed by atoms with van der Waals surface area (Å²) >= 11 is 0. The molecule has 0 aromatic heterocycles. The maximum absolute atomic E-state index is 14.1. The van der Waals surface area contributed by atoms with Gasteiger partial charge in [-0.15, -0.1) is 0 Å². The summed E-state index contributed by atoms with van der Waals surface area (Å²) in [4.78, 5) is 2.01. The minimum absolute atomic E-state index is 0.239. The molecule has 0 saturated heterocycles. The molecule has 2 rings (SSSR count). The maximum Gasteiger partial charge on any atom is 0.146 e. The summed E-state index contributed by atoms with van der Waals surface area (Å²) in [7, 11) is 1.95. The van der Waals surface area contributed by atoms with Crippen LogP contribution in [0.15, 0.2) is 18.2 Å². The Bertz CT molecular complexity index is 413. The van der Waals surface area contributed by atoms with Gasteiger partial charge in [-0.1, -0.05) is 25.3 Å². The number of hydrogen-bond acceptors (Lipinski definition) is 2. The monoisotopic (exact) mass is 265 g/mol. The Kier molecular flexibility index (Phi) is 4.81. The Morgan fingerprint density at radius 1 is 1.32 bits per heavy atom. The van der Waals surface area contributed by atoms with Gasteiger partial charge in [0, 0.05) is 13.6 Å². The highest BCUT2D eigenvalue weighted by Gasteiger charge is 2.17. The molecule has 1 aliphatic rings. The molecular formula is C16H24FNO. The standard InChI is InChI=1S/C16H24FNO/c1-12(19)14-8-9-16(15(17)10-14)18(2)11-13-6-4-3-5-7-13/h8-10,12-13,19H,3-7,11H2,1-2H3. The summed E-state index contributed by atoms with van der Waals surface area (Å²) in [5.74, 6) is 0.450. The zero-order valence-electron chi connectivity index (χ0n) is 11.9. The second kappa shape index (κ2) is 6.38. The zero-order chi connectivity index (χ0) is 13.8. The van der Waals surface area contributed by atoms with Crippen molar-refractivity contribution in [2.45, 2.75) is 45.1 Å². The SMILES string of the molecule is CC(O)c1ccc(N(C)CC2CCCCC2)c(F)c1. The van der Waals surface area contributed by atoms with Crippen LogP contribution in [0.1, 0.15) is 50.7 Å². The predicted molar refractivity (Wildman–Crippen MR) is 76.9 cm³/mol. The molecule has 1 aromatic rings. The lowest BCUT2D eigenvalue weighted by Gasteiger charge is -2.28. The number of benzene rings is 1. The fourth-order valence-corrected chi connectivity index (χ4v) is 2.95. The van der Waals surface area contributed by atoms with E-state index in [2.05, 4.69) is 0 Å². The number of anilines is 1. The molecule has 0 heterocycles. The van der Waals surface area contributed by atoms with Gasteiger partial charge in [-0.25, -0.2) is 4.39 Å². The second-order valence-electron chi connectivity index (χ2n) is 5.77. The lowest BCUT2D eigenvalue weighted by atomic mass is 9.89. The molecule has 0 radical (unpaired) electrons. The van der Waals surface area contributed by atoms with Crippen LogP contribution in [0.3, 0.4) is 0 Å². The van der Waals surface area contributed by atoms with Crippen molar-refractivity contribution in [2.75, 3.05) is 18.5 Å². The van der Waals surface area contributed by atoms with Gasteiger partial charge >= 0.3 is 0 Å². The molecule has 3 heteroatoms. The molecule has 1 aromatic carbocycles. The van der Waals surface area contributed by atoms with E-state index in [1.54, 1.807) is 19.1 Å². The average Bonchev–Trinajstić information content (AvgIpc) is 2.39. The highest BCUT2D eigenvalue weighted by Crippen LogP contribution is 2.28. The average molecular weight is 265 g/mol. The fraction of sp³-hybridized carbons (Fsp3) is 0.625. The van der Waals surface area contributed by atoms with Gasteiger partial charge in [-0.2, -0.15) is 0 Å². The van der Waals surface area contributed by atoms with Gasteiger partial charge < -0.3 is 10.0 Å². The van der Waals surface area contributed by atoms with Crippen molar-refractivity contribution in [2.24, 2.45) is 5.92 Å². The third-order valence-electron chi connectivity index (χ3n) is 4.12. The summed E-state index contributed by atoms with van der Waals surface area (Å²) < 4.78 is 14.1. The smallest absolute Gasteiger partial charge is 0.146 e. The Morgan fingerprint density at radius 3 is 2.58 bits per heavy atom. The van der Waals surface area contributed by atoms with Crippen molar-refractivity contribution in [1.29, 1.82) is 0 Å². The number of hydrogen-bond donors (Lipinski definition) is 1. The van der Waals surface area contributed by atoms with E-state index in [4.69, 9.17) is 0 Å². The molecule has 2 nitrogen and oxygen atoms in total. The normalized spacial score (nSPS) is 18.3. The van der Waals surface area contributed by atoms with Crippen LogP contribution in [-0.2, 0) is 0 Å². The van der Waals surface area contributed by atoms with E-state index in [-0.39, 0.29) is 5.82 Å². The Balaban J connectivity index is 2.03. The highest BCUT2D eigenvalue weighted by molar-refractivity contribution is 5.48. The first-order valence-electron chi connectivity index (χ1n) is 7.26. The summed E-state index contributed by atoms with van der Waals surface area (Å²) in [6.07, 6.45) is 5.86. The van der Waals surface area contributed by atoms with Crippen LogP contribution in [0.5, 0.6) is 0 Å². The van der Waals surface area contributed by atoms with Crippen LogP contribution < -0.4 is 4.90 Å². The lowest BCUT2D eigenvalue weighted by Crippen LogP contribution is -2.27. The summed E-state index contributed by atoms with van der Waals surface area (Å²) in [5.41, 5.74) is 1.27. The van der Waals surface area contributed by atoms with Gasteiger partial charge in [-0.3, -0.25) is 0 Å². The third-order valence-corrected chi connectivity index (χ3v) is 4.12. The highest BCUT2D eigenvalue weighted by atomic mass is 19.1. The van der Waals surface area contributed by atoms with E-state index < -0.39 is 6.10 Å². The molecule has 106 valence electrons. The minimum atomic E-state index is -0.618. The number of halogens is 1. The van der Waals surface area contributed by atoms with E-state index in [0.29, 0.717) is 17.2 Å². The van der Waals surface area contributed by atoms with Crippen LogP contribution >= 0.6 is 0 Å². The number of aliphatic hydroxyl groups is 1. The summed E-state index contributed by atoms with van der Waals surface area (Å²) in [6, 6.07) is 5.03. The molecule has 19 heavy (non-hydrogen) atoms. The van der Waals surface area contributed by atoms with Crippen molar-refractivity contribution in [3.05, 3.63) is 29.6 Å². The van der Waals surface area contributed by atoms with E-state index in [9.17, 15) is 9.50 Å². The first kappa shape index (κ1) is 14.3. The zero-order valence-corrected chi connectivity index (χ0v) is 11.9. The summed E-state index contributed by atoms with van der Waals surface area (Å²) in [6.45, 7) is 2.57. The van der Waals surface area contributed by atoms with Crippen LogP contribution in [-0.4, -0.2) is 18.7 Å². The fourth-order valence-electron chi connectivity index (χ4n) is 2.95. The molecule has 0 amide bonds. The molecular weight excluding hydrogens is 241 g/mol. The molecule has 0 bridgehead atoms. The van der Waals surface area contributed by atoms with Crippen molar-refractivity contribution in [3.63, 3.8) is 0 Å². The van der Waals surface area contributed by atoms with Gasteiger partial charge in [-0.05, 0) is 43.4 Å². The van der Waals surface area contributed by atoms with Crippen LogP contribution in [0.25, 0.3) is 0 Å². The van der Waals surface area contributed by atoms with E-state index in [1.165, 1.54) is 38.2 Å². The lowest BCUT2D eigenvalue weighted by molar-refractivity contribution is 0.199. The molecule has 1 saturated carbocycles. The molecule has 0 spiro atoms. The Labute approximate surface area is 115 Å². The molecule has 1 aliphatic carbocycles. The Morgan fingerprint density at radius 2 is 2.00 bits per heavy atom. The topological polar surface area (TPSA) is 23.5 Å². The van der Waals surface area contributed by atoms with Crippen LogP contribution in [0.2, 0.25) is 0 Å². The minimum Gasteiger partial charge on any atom is -0.389 e. The first-order chi connectivity index (χ1) is 9.08. The van der Waals surface area contributed by atoms with E-state index in [0.717, 1.165) is 6.54 Å². The Hall–Kier alpha value is -1.09. The van der Waals surface area contributed by atoms with Gasteiger partial charge in [0.15, 0.2) is 0 Å². The second-order valence-corrected chi connectivity index (χ2v) is 5.77. The number of aliphatic hydroxyl groups excluding tert-OH is 1. The van der Waals surface area contributed by atoms with Crippen LogP contribution in [0.4, 0.5) is 10.1 Å². The van der Waals surface area contributed by atoms with Crippen molar-refractivity contribution >= 4 is 5.69 Å². The third kappa shape index (κ3) is 3.69. The number of nitrogens with zero attached hydrogens (tertiary/aromatic N) is 1. The van der Waals surface area contributed by atoms with Crippen molar-refractivity contribution in [1.82, 2.24) is 0 Å². The maximum atomic E-state index is 14.1. The van der Waals surface area contributed by atoms with Crippen molar-refractivity contribution in [3.8, 4) is 0 Å². The van der Waals surface area contributed by atoms with Crippen molar-refractivity contribution < 1.29 is 9.50 Å². The molecule has 1 unspecified atom stereocenters. The van der Waals surface area contributed by atoms with Gasteiger partial charge in [0.1, 0.15) is 5.82 Å². The van der Waals surface area contributed by atoms with Gasteiger partial charge in [0.25, 0.3) is 0 Å². The molecule has 0 aliphatic heterocycles. The van der Waals surface area contributed by atoms with E-state index >= 15 is 0 Å². The largest absolute Gasteiger partial charge is 0.389 e. The van der Waals surface area contributed by atoms with Gasteiger partial charge in [0.2, 0.25) is 0 Å². The number of rotatable bonds is 4. The molecule has 1 atom stereocenters. The first-order valence-corrected chi connectivity index (χ1v) is 7.26. The summed E-state index contributed by atoms with van der Waals surface area (Å²) in [5, 5.41) is 9.46. The molecule has 1 fully saturated rings. The predicted octanol–water partition coefficient (Wildman–Crippen LogP) is 3.90. The van der Waals surface area contributed by atoms with Gasteiger partial charge in [0.05, 0.1) is 11.8 Å².